The molecule has 1 heterocycles. The molecule has 13 atom stereocenters. The van der Waals surface area contributed by atoms with Crippen molar-refractivity contribution in [2.45, 2.75) is 222 Å². The molecule has 486 valence electrons. The summed E-state index contributed by atoms with van der Waals surface area (Å²) in [6, 6.07) is -13.2. The van der Waals surface area contributed by atoms with Crippen LogP contribution < -0.4 is 26.6 Å². The van der Waals surface area contributed by atoms with Gasteiger partial charge in [0.05, 0.1) is 18.8 Å². The highest BCUT2D eigenvalue weighted by atomic mass is 16.3. The highest BCUT2D eigenvalue weighted by molar-refractivity contribution is 5.99. The molecule has 0 bridgehead atoms. The summed E-state index contributed by atoms with van der Waals surface area (Å²) in [6.07, 6.45) is 1.03. The molecular formula is C61H109N11O13. The van der Waals surface area contributed by atoms with Gasteiger partial charge in [-0.15, -0.1) is 0 Å². The van der Waals surface area contributed by atoms with Gasteiger partial charge < -0.3 is 66.2 Å². The Bertz CT molecular complexity index is 2330. The highest BCUT2D eigenvalue weighted by Gasteiger charge is 2.44. The summed E-state index contributed by atoms with van der Waals surface area (Å²) in [4.78, 5) is 166. The molecule has 0 saturated carbocycles. The average molecular weight is 1200 g/mol. The standard InChI is InChI=1S/C61H109N11O13/c1-24-25-26-38(14)51(75)48-55(79)65-47(41(17)73)60(84)67(18)31-46(74)68(19)45(30-35(8)9)59(83)72(23)50(37(12)13)61(85)70(21)43(28-33(4)5)53(77)62-39(15)52(76)63-40(16)57(81)69(20)44(29-34(6)7)54(78)64-42(27-32(2)3)58(82)71(22)49(36(10)11)56(80)66-48/h24-25,32-45,47-51,73,75H,26-31H2,1-23H3,(H,62,77)(H,63,76)(H,64,78)(H,65,79)(H,66,80)/b25-24+/t38-,39+,40-,41?,42+,43+,44+,45+,47+,48+,49+,50+,51-/m1/s1. The smallest absolute Gasteiger partial charge is 0.248 e. The minimum absolute atomic E-state index is 0.0920. The lowest BCUT2D eigenvalue weighted by molar-refractivity contribution is -0.154. The number of aliphatic hydroxyl groups excluding tert-OH is 2. The van der Waals surface area contributed by atoms with Gasteiger partial charge in [0, 0.05) is 42.3 Å². The highest BCUT2D eigenvalue weighted by Crippen LogP contribution is 2.24. The molecule has 1 aliphatic rings. The second kappa shape index (κ2) is 34.8. The molecule has 0 aliphatic carbocycles. The number of nitrogens with zero attached hydrogens (tertiary/aromatic N) is 6. The predicted molar refractivity (Wildman–Crippen MR) is 325 cm³/mol. The van der Waals surface area contributed by atoms with Crippen molar-refractivity contribution in [1.82, 2.24) is 56.0 Å². The van der Waals surface area contributed by atoms with E-state index in [2.05, 4.69) is 26.6 Å². The van der Waals surface area contributed by atoms with E-state index in [1.165, 1.54) is 82.7 Å². The maximum Gasteiger partial charge on any atom is 0.248 e. The first kappa shape index (κ1) is 76.8. The van der Waals surface area contributed by atoms with Crippen LogP contribution in [0.4, 0.5) is 0 Å². The average Bonchev–Trinajstić information content (AvgIpc) is 3.62. The molecule has 1 fully saturated rings. The van der Waals surface area contributed by atoms with Crippen LogP contribution in [0, 0.1) is 41.4 Å². The van der Waals surface area contributed by atoms with Crippen molar-refractivity contribution in [2.75, 3.05) is 48.8 Å². The fourth-order valence-electron chi connectivity index (χ4n) is 10.6. The zero-order valence-corrected chi connectivity index (χ0v) is 55.4. The van der Waals surface area contributed by atoms with Gasteiger partial charge in [0.2, 0.25) is 65.0 Å². The maximum atomic E-state index is 14.8. The van der Waals surface area contributed by atoms with Gasteiger partial charge in [-0.1, -0.05) is 102 Å². The van der Waals surface area contributed by atoms with E-state index >= 15 is 0 Å². The van der Waals surface area contributed by atoms with Crippen molar-refractivity contribution in [3.63, 3.8) is 0 Å². The molecule has 11 amide bonds. The summed E-state index contributed by atoms with van der Waals surface area (Å²) >= 11 is 0. The van der Waals surface area contributed by atoms with Crippen molar-refractivity contribution in [2.24, 2.45) is 41.4 Å². The van der Waals surface area contributed by atoms with E-state index in [1.54, 1.807) is 53.7 Å². The number of nitrogens with one attached hydrogen (secondary N) is 5. The molecule has 0 spiro atoms. The van der Waals surface area contributed by atoms with Crippen molar-refractivity contribution in [3.05, 3.63) is 12.2 Å². The third-order valence-electron chi connectivity index (χ3n) is 15.6. The van der Waals surface area contributed by atoms with Gasteiger partial charge in [0.1, 0.15) is 60.4 Å². The molecule has 1 saturated heterocycles. The summed E-state index contributed by atoms with van der Waals surface area (Å²) in [5.74, 6) is -10.8. The molecule has 24 nitrogen and oxygen atoms in total. The number of carbonyl (C=O) groups excluding carboxylic acids is 11. The van der Waals surface area contributed by atoms with E-state index in [0.717, 1.165) is 9.80 Å². The van der Waals surface area contributed by atoms with E-state index in [0.29, 0.717) is 0 Å². The first-order valence-corrected chi connectivity index (χ1v) is 30.2. The third kappa shape index (κ3) is 22.2. The quantitative estimate of drug-likeness (QED) is 0.116. The normalized spacial score (nSPS) is 27.2. The number of hydrogen-bond acceptors (Lipinski definition) is 13. The zero-order valence-electron chi connectivity index (χ0n) is 55.4. The Morgan fingerprint density at radius 3 is 1.34 bits per heavy atom. The van der Waals surface area contributed by atoms with Crippen LogP contribution in [0.1, 0.15) is 150 Å². The topological polar surface area (TPSA) is 308 Å². The molecule has 0 aromatic heterocycles. The number of aliphatic hydroxyl groups is 2. The molecule has 1 aliphatic heterocycles. The fourth-order valence-corrected chi connectivity index (χ4v) is 10.6. The Morgan fingerprint density at radius 2 is 0.882 bits per heavy atom. The van der Waals surface area contributed by atoms with Crippen LogP contribution in [0.5, 0.6) is 0 Å². The summed E-state index contributed by atoms with van der Waals surface area (Å²) < 4.78 is 0. The number of allylic oxidation sites excluding steroid dienone is 2. The predicted octanol–water partition coefficient (Wildman–Crippen LogP) is 1.90. The van der Waals surface area contributed by atoms with E-state index in [-0.39, 0.29) is 55.8 Å². The molecule has 0 radical (unpaired) electrons. The molecule has 7 N–H and O–H groups in total. The van der Waals surface area contributed by atoms with Crippen molar-refractivity contribution in [3.8, 4) is 0 Å². The second-order valence-corrected chi connectivity index (χ2v) is 25.9. The molecule has 0 aromatic rings. The monoisotopic (exact) mass is 1200 g/mol. The fraction of sp³-hybridized carbons (Fsp3) is 0.787. The Labute approximate surface area is 507 Å². The Morgan fingerprint density at radius 1 is 0.447 bits per heavy atom. The van der Waals surface area contributed by atoms with Crippen LogP contribution in [-0.4, -0.2) is 226 Å². The van der Waals surface area contributed by atoms with Crippen LogP contribution in [0.25, 0.3) is 0 Å². The summed E-state index contributed by atoms with van der Waals surface area (Å²) in [7, 11) is 8.29. The molecule has 0 aromatic carbocycles. The molecular weight excluding hydrogens is 1090 g/mol. The van der Waals surface area contributed by atoms with Crippen LogP contribution >= 0.6 is 0 Å². The number of rotatable bonds is 15. The summed E-state index contributed by atoms with van der Waals surface area (Å²) in [5, 5.41) is 36.3. The number of likely N-dealkylation sites (N-methyl/N-ethyl adjacent to an activating group) is 6. The van der Waals surface area contributed by atoms with Gasteiger partial charge >= 0.3 is 0 Å². The first-order chi connectivity index (χ1) is 39.2. The Hall–Kier alpha value is -6.17. The van der Waals surface area contributed by atoms with E-state index in [4.69, 9.17) is 0 Å². The SMILES string of the molecule is C/C=C/C[C@@H](C)[C@@H](O)[C@@H]1NC(=O)[C@H](C(C)C)N(C)C(=O)[C@H](CC(C)C)NC(=O)[C@H](CC(C)C)N(C)C(=O)[C@@H](C)NC(=O)[C@H](C)NC(=O)[C@H](CC(C)C)N(C)C(=O)[C@H](C(C)C)N(C)C(=O)[C@H](CC(C)C)N(C)C(=O)CN(C)C(=O)[C@H](C(C)O)NC1=O. The van der Waals surface area contributed by atoms with Crippen molar-refractivity contribution in [1.29, 1.82) is 0 Å². The number of amides is 11. The zero-order chi connectivity index (χ0) is 66.0. The molecule has 85 heavy (non-hydrogen) atoms. The van der Waals surface area contributed by atoms with Gasteiger partial charge in [-0.25, -0.2) is 0 Å². The van der Waals surface area contributed by atoms with Crippen molar-refractivity contribution >= 4 is 65.0 Å². The lowest BCUT2D eigenvalue weighted by Crippen LogP contribution is -2.64. The summed E-state index contributed by atoms with van der Waals surface area (Å²) in [6.45, 7) is 28.4. The van der Waals surface area contributed by atoms with Crippen molar-refractivity contribution < 1.29 is 63.0 Å². The van der Waals surface area contributed by atoms with Crippen LogP contribution in [-0.2, 0) is 52.7 Å². The lowest BCUT2D eigenvalue weighted by Gasteiger charge is -2.39. The minimum atomic E-state index is -1.78. The van der Waals surface area contributed by atoms with Crippen LogP contribution in [0.2, 0.25) is 0 Å². The molecule has 24 heteroatoms. The van der Waals surface area contributed by atoms with Crippen LogP contribution in [0.3, 0.4) is 0 Å². The molecule has 1 rings (SSSR count). The number of carbonyl (C=O) groups is 11. The second-order valence-electron chi connectivity index (χ2n) is 25.9. The maximum absolute atomic E-state index is 14.8. The van der Waals surface area contributed by atoms with Gasteiger partial charge in [0.25, 0.3) is 0 Å². The summed E-state index contributed by atoms with van der Waals surface area (Å²) in [5.41, 5.74) is 0. The molecule has 1 unspecified atom stereocenters. The first-order valence-electron chi connectivity index (χ1n) is 30.2. The van der Waals surface area contributed by atoms with Gasteiger partial charge in [-0.05, 0) is 101 Å². The van der Waals surface area contributed by atoms with E-state index in [9.17, 15) is 63.0 Å². The Balaban J connectivity index is 4.30. The Kier molecular flexibility index (Phi) is 31.5. The van der Waals surface area contributed by atoms with Gasteiger partial charge in [-0.3, -0.25) is 52.7 Å². The van der Waals surface area contributed by atoms with Gasteiger partial charge in [0.15, 0.2) is 0 Å². The van der Waals surface area contributed by atoms with Crippen LogP contribution in [0.15, 0.2) is 12.2 Å². The third-order valence-corrected chi connectivity index (χ3v) is 15.6. The lowest BCUT2D eigenvalue weighted by atomic mass is 9.92. The van der Waals surface area contributed by atoms with E-state index in [1.807, 2.05) is 55.4 Å². The largest absolute Gasteiger partial charge is 0.391 e. The number of hydrogen-bond donors (Lipinski definition) is 7. The van der Waals surface area contributed by atoms with E-state index < -0.39 is 162 Å². The minimum Gasteiger partial charge on any atom is -0.391 e. The van der Waals surface area contributed by atoms with Gasteiger partial charge in [-0.2, -0.15) is 0 Å².